The maximum Gasteiger partial charge on any atom is 0.341 e. The van der Waals surface area contributed by atoms with E-state index in [1.54, 1.807) is 25.3 Å². The molecule has 104 valence electrons. The highest BCUT2D eigenvalue weighted by Crippen LogP contribution is 2.26. The molecule has 0 aliphatic rings. The molecule has 2 rings (SSSR count). The van der Waals surface area contributed by atoms with Gasteiger partial charge in [0, 0.05) is 6.07 Å². The van der Waals surface area contributed by atoms with E-state index < -0.39 is 5.97 Å². The Bertz CT molecular complexity index is 578. The van der Waals surface area contributed by atoms with E-state index in [1.807, 2.05) is 30.3 Å². The van der Waals surface area contributed by atoms with Crippen molar-refractivity contribution in [3.63, 3.8) is 0 Å². The van der Waals surface area contributed by atoms with Crippen LogP contribution in [0.5, 0.6) is 11.5 Å². The van der Waals surface area contributed by atoms with Gasteiger partial charge in [0.25, 0.3) is 0 Å². The van der Waals surface area contributed by atoms with Gasteiger partial charge in [-0.05, 0) is 17.7 Å². The number of rotatable bonds is 5. The van der Waals surface area contributed by atoms with Gasteiger partial charge < -0.3 is 14.2 Å². The Morgan fingerprint density at radius 1 is 1.05 bits per heavy atom. The molecule has 0 atom stereocenters. The van der Waals surface area contributed by atoms with Crippen molar-refractivity contribution in [3.05, 3.63) is 59.7 Å². The van der Waals surface area contributed by atoms with Crippen LogP contribution in [-0.4, -0.2) is 20.2 Å². The Morgan fingerprint density at radius 2 is 1.80 bits per heavy atom. The predicted octanol–water partition coefficient (Wildman–Crippen LogP) is 3.06. The van der Waals surface area contributed by atoms with Gasteiger partial charge in [-0.2, -0.15) is 0 Å². The first kappa shape index (κ1) is 13.9. The number of hydrogen-bond donors (Lipinski definition) is 0. The maximum atomic E-state index is 11.7. The highest BCUT2D eigenvalue weighted by molar-refractivity contribution is 5.92. The van der Waals surface area contributed by atoms with Crippen molar-refractivity contribution in [3.8, 4) is 11.5 Å². The summed E-state index contributed by atoms with van der Waals surface area (Å²) in [5.41, 5.74) is 1.40. The van der Waals surface area contributed by atoms with Crippen molar-refractivity contribution >= 4 is 5.97 Å². The van der Waals surface area contributed by atoms with Crippen molar-refractivity contribution in [1.29, 1.82) is 0 Å². The van der Waals surface area contributed by atoms with Gasteiger partial charge in [-0.25, -0.2) is 4.79 Å². The number of esters is 1. The average Bonchev–Trinajstić information content (AvgIpc) is 2.52. The van der Waals surface area contributed by atoms with Gasteiger partial charge in [-0.1, -0.05) is 30.3 Å². The molecule has 0 bridgehead atoms. The standard InChI is InChI=1S/C16H16O4/c1-18-13-8-9-14(16(17)19-2)15(10-13)20-11-12-6-4-3-5-7-12/h3-10H,11H2,1-2H3. The van der Waals surface area contributed by atoms with Crippen molar-refractivity contribution in [2.45, 2.75) is 6.61 Å². The van der Waals surface area contributed by atoms with Crippen LogP contribution in [0.1, 0.15) is 15.9 Å². The molecule has 20 heavy (non-hydrogen) atoms. The third-order valence-electron chi connectivity index (χ3n) is 2.83. The SMILES string of the molecule is COC(=O)c1ccc(OC)cc1OCc1ccccc1. The molecule has 0 radical (unpaired) electrons. The fourth-order valence-corrected chi connectivity index (χ4v) is 1.76. The van der Waals surface area contributed by atoms with Crippen LogP contribution < -0.4 is 9.47 Å². The molecule has 0 aliphatic heterocycles. The van der Waals surface area contributed by atoms with E-state index in [4.69, 9.17) is 14.2 Å². The molecule has 2 aromatic carbocycles. The van der Waals surface area contributed by atoms with E-state index in [0.29, 0.717) is 23.7 Å². The van der Waals surface area contributed by atoms with E-state index in [1.165, 1.54) is 7.11 Å². The summed E-state index contributed by atoms with van der Waals surface area (Å²) >= 11 is 0. The summed E-state index contributed by atoms with van der Waals surface area (Å²) < 4.78 is 15.6. The summed E-state index contributed by atoms with van der Waals surface area (Å²) in [5.74, 6) is 0.636. The van der Waals surface area contributed by atoms with Crippen LogP contribution in [0.2, 0.25) is 0 Å². The number of methoxy groups -OCH3 is 2. The fraction of sp³-hybridized carbons (Fsp3) is 0.188. The van der Waals surface area contributed by atoms with Crippen molar-refractivity contribution in [1.82, 2.24) is 0 Å². The summed E-state index contributed by atoms with van der Waals surface area (Å²) in [4.78, 5) is 11.7. The summed E-state index contributed by atoms with van der Waals surface area (Å²) in [6, 6.07) is 14.7. The summed E-state index contributed by atoms with van der Waals surface area (Å²) in [5, 5.41) is 0. The number of carbonyl (C=O) groups is 1. The van der Waals surface area contributed by atoms with E-state index in [9.17, 15) is 4.79 Å². The van der Waals surface area contributed by atoms with Crippen LogP contribution in [0.4, 0.5) is 0 Å². The quantitative estimate of drug-likeness (QED) is 0.785. The fourth-order valence-electron chi connectivity index (χ4n) is 1.76. The second-order valence-electron chi connectivity index (χ2n) is 4.13. The highest BCUT2D eigenvalue weighted by atomic mass is 16.5. The van der Waals surface area contributed by atoms with Crippen LogP contribution in [-0.2, 0) is 11.3 Å². The molecule has 0 fully saturated rings. The highest BCUT2D eigenvalue weighted by Gasteiger charge is 2.14. The van der Waals surface area contributed by atoms with Crippen LogP contribution in [0.25, 0.3) is 0 Å². The van der Waals surface area contributed by atoms with Gasteiger partial charge in [-0.3, -0.25) is 0 Å². The Morgan fingerprint density at radius 3 is 2.45 bits per heavy atom. The molecule has 0 aromatic heterocycles. The number of carbonyl (C=O) groups excluding carboxylic acids is 1. The first-order chi connectivity index (χ1) is 9.74. The molecule has 0 N–H and O–H groups in total. The van der Waals surface area contributed by atoms with E-state index in [2.05, 4.69) is 0 Å². The van der Waals surface area contributed by atoms with Crippen molar-refractivity contribution in [2.24, 2.45) is 0 Å². The number of benzene rings is 2. The van der Waals surface area contributed by atoms with Crippen molar-refractivity contribution < 1.29 is 19.0 Å². The first-order valence-corrected chi connectivity index (χ1v) is 6.17. The lowest BCUT2D eigenvalue weighted by Crippen LogP contribution is -2.06. The van der Waals surface area contributed by atoms with E-state index in [0.717, 1.165) is 5.56 Å². The van der Waals surface area contributed by atoms with Gasteiger partial charge in [0.2, 0.25) is 0 Å². The largest absolute Gasteiger partial charge is 0.497 e. The molecule has 0 unspecified atom stereocenters. The van der Waals surface area contributed by atoms with Gasteiger partial charge in [0.15, 0.2) is 0 Å². The smallest absolute Gasteiger partial charge is 0.341 e. The second-order valence-corrected chi connectivity index (χ2v) is 4.13. The van der Waals surface area contributed by atoms with E-state index in [-0.39, 0.29) is 0 Å². The minimum Gasteiger partial charge on any atom is -0.497 e. The van der Waals surface area contributed by atoms with Crippen LogP contribution in [0, 0.1) is 0 Å². The molecule has 2 aromatic rings. The monoisotopic (exact) mass is 272 g/mol. The molecular weight excluding hydrogens is 256 g/mol. The second kappa shape index (κ2) is 6.61. The molecule has 0 saturated heterocycles. The number of ether oxygens (including phenoxy) is 3. The molecule has 0 spiro atoms. The first-order valence-electron chi connectivity index (χ1n) is 6.17. The zero-order valence-electron chi connectivity index (χ0n) is 11.5. The maximum absolute atomic E-state index is 11.7. The molecular formula is C16H16O4. The summed E-state index contributed by atoms with van der Waals surface area (Å²) in [6.45, 7) is 0.373. The van der Waals surface area contributed by atoms with Gasteiger partial charge in [0.1, 0.15) is 23.7 Å². The normalized spacial score (nSPS) is 9.90. The summed E-state index contributed by atoms with van der Waals surface area (Å²) in [6.07, 6.45) is 0. The topological polar surface area (TPSA) is 44.8 Å². The lowest BCUT2D eigenvalue weighted by molar-refractivity contribution is 0.0595. The zero-order valence-corrected chi connectivity index (χ0v) is 11.5. The zero-order chi connectivity index (χ0) is 14.4. The lowest BCUT2D eigenvalue weighted by atomic mass is 10.2. The minimum absolute atomic E-state index is 0.373. The van der Waals surface area contributed by atoms with Gasteiger partial charge in [-0.15, -0.1) is 0 Å². The Kier molecular flexibility index (Phi) is 4.60. The summed E-state index contributed by atoms with van der Waals surface area (Å²) in [7, 11) is 2.90. The van der Waals surface area contributed by atoms with Crippen LogP contribution in [0.15, 0.2) is 48.5 Å². The third-order valence-corrected chi connectivity index (χ3v) is 2.83. The molecule has 0 aliphatic carbocycles. The Balaban J connectivity index is 2.21. The molecule has 4 heteroatoms. The van der Waals surface area contributed by atoms with Crippen molar-refractivity contribution in [2.75, 3.05) is 14.2 Å². The minimum atomic E-state index is -0.435. The van der Waals surface area contributed by atoms with Gasteiger partial charge >= 0.3 is 5.97 Å². The predicted molar refractivity (Wildman–Crippen MR) is 75.1 cm³/mol. The van der Waals surface area contributed by atoms with E-state index >= 15 is 0 Å². The average molecular weight is 272 g/mol. The Labute approximate surface area is 117 Å². The molecule has 0 heterocycles. The Hall–Kier alpha value is -2.49. The number of hydrogen-bond acceptors (Lipinski definition) is 4. The van der Waals surface area contributed by atoms with Crippen LogP contribution >= 0.6 is 0 Å². The molecule has 0 saturated carbocycles. The molecule has 4 nitrogen and oxygen atoms in total. The lowest BCUT2D eigenvalue weighted by Gasteiger charge is -2.11. The van der Waals surface area contributed by atoms with Gasteiger partial charge in [0.05, 0.1) is 14.2 Å². The molecule has 0 amide bonds. The third kappa shape index (κ3) is 3.29. The van der Waals surface area contributed by atoms with Crippen LogP contribution in [0.3, 0.4) is 0 Å².